The SMILES string of the molecule is CN(C)c1ccc(-n2cccc2/C=N/NC(=O)COc2cccc(N(C)C)c2)cc1. The smallest absolute Gasteiger partial charge is 0.277 e. The molecule has 0 spiro atoms. The van der Waals surface area contributed by atoms with E-state index in [1.54, 1.807) is 6.21 Å². The van der Waals surface area contributed by atoms with Crippen LogP contribution in [0.1, 0.15) is 5.69 Å². The van der Waals surface area contributed by atoms with Gasteiger partial charge >= 0.3 is 0 Å². The number of carbonyl (C=O) groups is 1. The van der Waals surface area contributed by atoms with Gasteiger partial charge in [-0.2, -0.15) is 5.10 Å². The van der Waals surface area contributed by atoms with Crippen molar-refractivity contribution in [3.8, 4) is 11.4 Å². The molecule has 0 fully saturated rings. The van der Waals surface area contributed by atoms with E-state index in [2.05, 4.69) is 27.6 Å². The zero-order valence-electron chi connectivity index (χ0n) is 17.7. The van der Waals surface area contributed by atoms with E-state index in [-0.39, 0.29) is 12.5 Å². The summed E-state index contributed by atoms with van der Waals surface area (Å²) >= 11 is 0. The lowest BCUT2D eigenvalue weighted by Gasteiger charge is -2.14. The Morgan fingerprint density at radius 1 is 1.00 bits per heavy atom. The van der Waals surface area contributed by atoms with Crippen LogP contribution in [-0.4, -0.2) is 51.5 Å². The first-order chi connectivity index (χ1) is 14.4. The van der Waals surface area contributed by atoms with Gasteiger partial charge in [0.25, 0.3) is 5.91 Å². The molecule has 3 aromatic rings. The Morgan fingerprint density at radius 3 is 2.43 bits per heavy atom. The molecule has 0 atom stereocenters. The Bertz CT molecular complexity index is 1010. The second-order valence-corrected chi connectivity index (χ2v) is 7.19. The van der Waals surface area contributed by atoms with Crippen molar-refractivity contribution in [2.45, 2.75) is 0 Å². The fourth-order valence-electron chi connectivity index (χ4n) is 2.85. The Morgan fingerprint density at radius 2 is 1.73 bits per heavy atom. The van der Waals surface area contributed by atoms with Crippen LogP contribution in [0.15, 0.2) is 72.0 Å². The highest BCUT2D eigenvalue weighted by molar-refractivity contribution is 5.82. The maximum atomic E-state index is 12.0. The number of nitrogens with zero attached hydrogens (tertiary/aromatic N) is 4. The van der Waals surface area contributed by atoms with Gasteiger partial charge in [0.15, 0.2) is 6.61 Å². The topological polar surface area (TPSA) is 62.1 Å². The highest BCUT2D eigenvalue weighted by Crippen LogP contribution is 2.19. The Balaban J connectivity index is 1.56. The first-order valence-electron chi connectivity index (χ1n) is 9.61. The summed E-state index contributed by atoms with van der Waals surface area (Å²) in [6.45, 7) is -0.110. The number of amides is 1. The molecule has 1 aromatic heterocycles. The van der Waals surface area contributed by atoms with Crippen LogP contribution < -0.4 is 20.0 Å². The molecule has 0 unspecified atom stereocenters. The highest BCUT2D eigenvalue weighted by atomic mass is 16.5. The molecule has 156 valence electrons. The first kappa shape index (κ1) is 21.0. The van der Waals surface area contributed by atoms with Gasteiger partial charge in [-0.1, -0.05) is 6.07 Å². The molecule has 1 N–H and O–H groups in total. The molecule has 1 heterocycles. The van der Waals surface area contributed by atoms with Crippen molar-refractivity contribution in [1.29, 1.82) is 0 Å². The van der Waals surface area contributed by atoms with Crippen molar-refractivity contribution in [1.82, 2.24) is 9.99 Å². The number of hydrogen-bond acceptors (Lipinski definition) is 5. The molecule has 0 saturated heterocycles. The monoisotopic (exact) mass is 405 g/mol. The first-order valence-corrected chi connectivity index (χ1v) is 9.61. The minimum Gasteiger partial charge on any atom is -0.484 e. The number of ether oxygens (including phenoxy) is 1. The van der Waals surface area contributed by atoms with Crippen molar-refractivity contribution in [3.63, 3.8) is 0 Å². The number of hydrogen-bond donors (Lipinski definition) is 1. The predicted octanol–water partition coefficient (Wildman–Crippen LogP) is 3.14. The van der Waals surface area contributed by atoms with Gasteiger partial charge in [0, 0.05) is 57.5 Å². The van der Waals surface area contributed by atoms with E-state index in [1.807, 2.05) is 92.4 Å². The third-order valence-corrected chi connectivity index (χ3v) is 4.51. The lowest BCUT2D eigenvalue weighted by atomic mass is 10.2. The van der Waals surface area contributed by atoms with Crippen LogP contribution in [0.2, 0.25) is 0 Å². The van der Waals surface area contributed by atoms with Gasteiger partial charge in [-0.3, -0.25) is 4.79 Å². The molecular formula is C23H27N5O2. The number of aromatic nitrogens is 1. The average molecular weight is 406 g/mol. The second kappa shape index (κ2) is 9.65. The van der Waals surface area contributed by atoms with Crippen molar-refractivity contribution < 1.29 is 9.53 Å². The number of rotatable bonds is 8. The van der Waals surface area contributed by atoms with Gasteiger partial charge in [-0.05, 0) is 48.5 Å². The molecule has 0 aliphatic rings. The van der Waals surface area contributed by atoms with Gasteiger partial charge in [-0.15, -0.1) is 0 Å². The zero-order chi connectivity index (χ0) is 21.5. The van der Waals surface area contributed by atoms with Crippen molar-refractivity contribution in [2.24, 2.45) is 5.10 Å². The van der Waals surface area contributed by atoms with E-state index >= 15 is 0 Å². The molecule has 0 aliphatic carbocycles. The predicted molar refractivity (Wildman–Crippen MR) is 122 cm³/mol. The summed E-state index contributed by atoms with van der Waals surface area (Å²) in [6, 6.07) is 19.6. The van der Waals surface area contributed by atoms with E-state index in [0.717, 1.165) is 22.8 Å². The largest absolute Gasteiger partial charge is 0.484 e. The Kier molecular flexibility index (Phi) is 6.75. The summed E-state index contributed by atoms with van der Waals surface area (Å²) in [7, 11) is 7.92. The quantitative estimate of drug-likeness (QED) is 0.462. The summed E-state index contributed by atoms with van der Waals surface area (Å²) in [5, 5.41) is 4.06. The van der Waals surface area contributed by atoms with Gasteiger partial charge < -0.3 is 19.1 Å². The van der Waals surface area contributed by atoms with Gasteiger partial charge in [0.2, 0.25) is 0 Å². The van der Waals surface area contributed by atoms with Crippen molar-refractivity contribution in [3.05, 3.63) is 72.6 Å². The maximum absolute atomic E-state index is 12.0. The van der Waals surface area contributed by atoms with E-state index in [0.29, 0.717) is 5.75 Å². The standard InChI is InChI=1S/C23H27N5O2/c1-26(2)18-10-12-19(13-11-18)28-14-6-8-21(28)16-24-25-23(29)17-30-22-9-5-7-20(15-22)27(3)4/h5-16H,17H2,1-4H3,(H,25,29)/b24-16+. The summed E-state index contributed by atoms with van der Waals surface area (Å²) in [5.41, 5.74) is 6.51. The van der Waals surface area contributed by atoms with Gasteiger partial charge in [0.05, 0.1) is 11.9 Å². The molecule has 0 bridgehead atoms. The van der Waals surface area contributed by atoms with Crippen LogP contribution in [0.25, 0.3) is 5.69 Å². The minimum absolute atomic E-state index is 0.110. The lowest BCUT2D eigenvalue weighted by molar-refractivity contribution is -0.123. The molecule has 1 amide bonds. The fraction of sp³-hybridized carbons (Fsp3) is 0.217. The van der Waals surface area contributed by atoms with Gasteiger partial charge in [0.1, 0.15) is 5.75 Å². The van der Waals surface area contributed by atoms with Crippen LogP contribution in [0.4, 0.5) is 11.4 Å². The molecule has 30 heavy (non-hydrogen) atoms. The summed E-state index contributed by atoms with van der Waals surface area (Å²) < 4.78 is 7.55. The summed E-state index contributed by atoms with van der Waals surface area (Å²) in [6.07, 6.45) is 3.57. The number of anilines is 2. The molecule has 2 aromatic carbocycles. The third-order valence-electron chi connectivity index (χ3n) is 4.51. The fourth-order valence-corrected chi connectivity index (χ4v) is 2.85. The molecule has 0 aliphatic heterocycles. The number of nitrogens with one attached hydrogen (secondary N) is 1. The molecule has 3 rings (SSSR count). The van der Waals surface area contributed by atoms with E-state index in [4.69, 9.17) is 4.74 Å². The van der Waals surface area contributed by atoms with E-state index in [1.165, 1.54) is 0 Å². The Hall–Kier alpha value is -3.74. The van der Waals surface area contributed by atoms with Crippen LogP contribution >= 0.6 is 0 Å². The average Bonchev–Trinajstić information content (AvgIpc) is 3.21. The third kappa shape index (κ3) is 5.41. The van der Waals surface area contributed by atoms with Gasteiger partial charge in [-0.25, -0.2) is 5.43 Å². The Labute approximate surface area is 177 Å². The number of carbonyl (C=O) groups excluding carboxylic acids is 1. The lowest BCUT2D eigenvalue weighted by Crippen LogP contribution is -2.24. The zero-order valence-corrected chi connectivity index (χ0v) is 17.7. The van der Waals surface area contributed by atoms with Crippen LogP contribution in [0.3, 0.4) is 0 Å². The molecule has 0 saturated carbocycles. The minimum atomic E-state index is -0.324. The normalized spacial score (nSPS) is 10.8. The summed E-state index contributed by atoms with van der Waals surface area (Å²) in [4.78, 5) is 16.1. The molecule has 7 heteroatoms. The number of benzene rings is 2. The van der Waals surface area contributed by atoms with Crippen molar-refractivity contribution >= 4 is 23.5 Å². The van der Waals surface area contributed by atoms with Crippen LogP contribution in [0.5, 0.6) is 5.75 Å². The molecule has 0 radical (unpaired) electrons. The van der Waals surface area contributed by atoms with Crippen LogP contribution in [0, 0.1) is 0 Å². The van der Waals surface area contributed by atoms with E-state index in [9.17, 15) is 4.79 Å². The van der Waals surface area contributed by atoms with Crippen LogP contribution in [-0.2, 0) is 4.79 Å². The number of hydrazone groups is 1. The highest BCUT2D eigenvalue weighted by Gasteiger charge is 2.05. The second-order valence-electron chi connectivity index (χ2n) is 7.19. The van der Waals surface area contributed by atoms with E-state index < -0.39 is 0 Å². The molecule has 7 nitrogen and oxygen atoms in total. The molecular weight excluding hydrogens is 378 g/mol. The summed E-state index contributed by atoms with van der Waals surface area (Å²) in [5.74, 6) is 0.310. The van der Waals surface area contributed by atoms with Crippen molar-refractivity contribution in [2.75, 3.05) is 44.6 Å². The maximum Gasteiger partial charge on any atom is 0.277 e.